The van der Waals surface area contributed by atoms with Gasteiger partial charge in [0.25, 0.3) is 0 Å². The minimum Gasteiger partial charge on any atom is -0.423 e. The first kappa shape index (κ1) is 24.5. The second kappa shape index (κ2) is 12.2. The van der Waals surface area contributed by atoms with Crippen molar-refractivity contribution >= 4 is 16.7 Å². The van der Waals surface area contributed by atoms with Gasteiger partial charge in [-0.25, -0.2) is 4.79 Å². The van der Waals surface area contributed by atoms with Gasteiger partial charge in [-0.05, 0) is 48.9 Å². The minimum absolute atomic E-state index is 0.325. The van der Waals surface area contributed by atoms with Gasteiger partial charge >= 0.3 is 5.63 Å². The van der Waals surface area contributed by atoms with E-state index in [2.05, 4.69) is 25.5 Å². The van der Waals surface area contributed by atoms with Gasteiger partial charge in [0, 0.05) is 75.2 Å². The summed E-state index contributed by atoms with van der Waals surface area (Å²) in [5.74, 6) is 0. The van der Waals surface area contributed by atoms with Gasteiger partial charge in [-0.2, -0.15) is 0 Å². The Morgan fingerprint density at radius 3 is 2.60 bits per heavy atom. The predicted molar refractivity (Wildman–Crippen MR) is 139 cm³/mol. The topological polar surface area (TPSA) is 109 Å². The summed E-state index contributed by atoms with van der Waals surface area (Å²) in [6, 6.07) is 19.4. The van der Waals surface area contributed by atoms with Crippen molar-refractivity contribution in [2.75, 3.05) is 31.5 Å². The van der Waals surface area contributed by atoms with E-state index in [1.54, 1.807) is 0 Å². The Morgan fingerprint density at radius 2 is 1.77 bits per heavy atom. The quantitative estimate of drug-likeness (QED) is 0.213. The van der Waals surface area contributed by atoms with Crippen LogP contribution in [0.25, 0.3) is 11.0 Å². The lowest BCUT2D eigenvalue weighted by Crippen LogP contribution is -2.34. The Bertz CT molecular complexity index is 1290. The maximum atomic E-state index is 11.7. The fourth-order valence-corrected chi connectivity index (χ4v) is 3.99. The molecule has 0 radical (unpaired) electrons. The lowest BCUT2D eigenvalue weighted by Gasteiger charge is -2.22. The van der Waals surface area contributed by atoms with E-state index in [0.29, 0.717) is 12.1 Å². The predicted octanol–water partition coefficient (Wildman–Crippen LogP) is 3.05. The van der Waals surface area contributed by atoms with E-state index in [-0.39, 0.29) is 5.63 Å². The van der Waals surface area contributed by atoms with Crippen molar-refractivity contribution in [3.05, 3.63) is 99.9 Å². The summed E-state index contributed by atoms with van der Waals surface area (Å²) in [6.07, 6.45) is 1.82. The SMILES string of the molecule is Cc1cc(=O)oc2cc(NCCNCCN(Cc3ccccn3)Cc3cccc(CN)n3)ccc12. The second-order valence-corrected chi connectivity index (χ2v) is 8.49. The number of pyridine rings is 2. The lowest BCUT2D eigenvalue weighted by molar-refractivity contribution is 0.251. The number of benzene rings is 1. The van der Waals surface area contributed by atoms with Gasteiger partial charge in [-0.1, -0.05) is 12.1 Å². The van der Waals surface area contributed by atoms with Crippen molar-refractivity contribution in [2.45, 2.75) is 26.6 Å². The van der Waals surface area contributed by atoms with Crippen LogP contribution < -0.4 is 22.0 Å². The van der Waals surface area contributed by atoms with Gasteiger partial charge in [-0.15, -0.1) is 0 Å². The Kier molecular flexibility index (Phi) is 8.56. The van der Waals surface area contributed by atoms with Crippen LogP contribution in [-0.2, 0) is 19.6 Å². The van der Waals surface area contributed by atoms with Crippen molar-refractivity contribution in [3.8, 4) is 0 Å². The van der Waals surface area contributed by atoms with Gasteiger partial charge in [0.05, 0.1) is 17.1 Å². The number of aromatic nitrogens is 2. The molecule has 0 aliphatic carbocycles. The average molecular weight is 473 g/mol. The third-order valence-electron chi connectivity index (χ3n) is 5.76. The lowest BCUT2D eigenvalue weighted by atomic mass is 10.1. The number of nitrogens with one attached hydrogen (secondary N) is 2. The molecule has 0 unspecified atom stereocenters. The third-order valence-corrected chi connectivity index (χ3v) is 5.76. The van der Waals surface area contributed by atoms with Gasteiger partial charge < -0.3 is 20.8 Å². The molecule has 3 heterocycles. The maximum absolute atomic E-state index is 11.7. The van der Waals surface area contributed by atoms with Crippen molar-refractivity contribution in [1.29, 1.82) is 0 Å². The van der Waals surface area contributed by atoms with E-state index in [1.165, 1.54) is 6.07 Å². The highest BCUT2D eigenvalue weighted by Crippen LogP contribution is 2.20. The molecule has 8 nitrogen and oxygen atoms in total. The molecule has 3 aromatic heterocycles. The minimum atomic E-state index is -0.325. The van der Waals surface area contributed by atoms with Gasteiger partial charge in [-0.3, -0.25) is 14.9 Å². The molecule has 0 bridgehead atoms. The highest BCUT2D eigenvalue weighted by molar-refractivity contribution is 5.83. The monoisotopic (exact) mass is 472 g/mol. The molecule has 0 saturated carbocycles. The first-order valence-electron chi connectivity index (χ1n) is 11.9. The summed E-state index contributed by atoms with van der Waals surface area (Å²) in [5, 5.41) is 7.84. The Hall–Kier alpha value is -3.59. The van der Waals surface area contributed by atoms with E-state index >= 15 is 0 Å². The first-order chi connectivity index (χ1) is 17.1. The zero-order chi connectivity index (χ0) is 24.5. The van der Waals surface area contributed by atoms with Gasteiger partial charge in [0.2, 0.25) is 0 Å². The van der Waals surface area contributed by atoms with Crippen LogP contribution in [-0.4, -0.2) is 41.0 Å². The van der Waals surface area contributed by atoms with E-state index in [4.69, 9.17) is 10.2 Å². The van der Waals surface area contributed by atoms with Crippen LogP contribution in [0.5, 0.6) is 0 Å². The number of fused-ring (bicyclic) bond motifs is 1. The maximum Gasteiger partial charge on any atom is 0.336 e. The van der Waals surface area contributed by atoms with Crippen LogP contribution in [0.2, 0.25) is 0 Å². The number of hydrogen-bond acceptors (Lipinski definition) is 8. The zero-order valence-corrected chi connectivity index (χ0v) is 20.0. The van der Waals surface area contributed by atoms with Crippen molar-refractivity contribution < 1.29 is 4.42 Å². The van der Waals surface area contributed by atoms with E-state index in [0.717, 1.165) is 73.0 Å². The van der Waals surface area contributed by atoms with E-state index in [9.17, 15) is 4.79 Å². The summed E-state index contributed by atoms with van der Waals surface area (Å²) in [6.45, 7) is 7.06. The van der Waals surface area contributed by atoms with Crippen LogP contribution in [0.4, 0.5) is 5.69 Å². The molecule has 4 rings (SSSR count). The second-order valence-electron chi connectivity index (χ2n) is 8.49. The molecule has 8 heteroatoms. The highest BCUT2D eigenvalue weighted by atomic mass is 16.4. The molecule has 0 aliphatic rings. The third kappa shape index (κ3) is 7.19. The molecular formula is C27H32N6O2. The number of hydrogen-bond donors (Lipinski definition) is 3. The first-order valence-corrected chi connectivity index (χ1v) is 11.9. The number of rotatable bonds is 12. The number of aryl methyl sites for hydroxylation is 1. The van der Waals surface area contributed by atoms with Crippen LogP contribution in [0, 0.1) is 6.92 Å². The van der Waals surface area contributed by atoms with Crippen LogP contribution in [0.15, 0.2) is 76.1 Å². The molecule has 0 amide bonds. The summed E-state index contributed by atoms with van der Waals surface area (Å²) < 4.78 is 5.33. The molecule has 0 saturated heterocycles. The Morgan fingerprint density at radius 1 is 0.943 bits per heavy atom. The number of anilines is 1. The van der Waals surface area contributed by atoms with Crippen molar-refractivity contribution in [2.24, 2.45) is 5.73 Å². The smallest absolute Gasteiger partial charge is 0.336 e. The van der Waals surface area contributed by atoms with Crippen LogP contribution in [0.1, 0.15) is 22.6 Å². The molecule has 0 atom stereocenters. The zero-order valence-electron chi connectivity index (χ0n) is 20.0. The molecule has 1 aromatic carbocycles. The molecule has 182 valence electrons. The fourth-order valence-electron chi connectivity index (χ4n) is 3.99. The molecule has 4 N–H and O–H groups in total. The Balaban J connectivity index is 1.27. The molecule has 0 fully saturated rings. The summed E-state index contributed by atoms with van der Waals surface area (Å²) in [5.41, 5.74) is 10.8. The normalized spacial score (nSPS) is 11.3. The summed E-state index contributed by atoms with van der Waals surface area (Å²) in [4.78, 5) is 23.1. The molecule has 4 aromatic rings. The Labute approximate surface area is 205 Å². The van der Waals surface area contributed by atoms with Crippen molar-refractivity contribution in [1.82, 2.24) is 20.2 Å². The molecule has 0 spiro atoms. The molecule has 35 heavy (non-hydrogen) atoms. The number of nitrogens with zero attached hydrogens (tertiary/aromatic N) is 3. The van der Waals surface area contributed by atoms with Gasteiger partial charge in [0.15, 0.2) is 0 Å². The van der Waals surface area contributed by atoms with Crippen LogP contribution >= 0.6 is 0 Å². The number of nitrogens with two attached hydrogens (primary N) is 1. The summed E-state index contributed by atoms with van der Waals surface area (Å²) >= 11 is 0. The average Bonchev–Trinajstić information content (AvgIpc) is 2.86. The van der Waals surface area contributed by atoms with E-state index in [1.807, 2.05) is 67.7 Å². The van der Waals surface area contributed by atoms with Crippen LogP contribution in [0.3, 0.4) is 0 Å². The van der Waals surface area contributed by atoms with Crippen molar-refractivity contribution in [3.63, 3.8) is 0 Å². The standard InChI is InChI=1S/C27H32N6O2/c1-20-15-27(34)35-26-16-21(8-9-25(20)26)31-12-11-29-13-14-33(18-23-5-2-3-10-30-23)19-24-7-4-6-22(17-28)32-24/h2-10,15-16,29,31H,11-14,17-19,28H2,1H3. The molecule has 0 aliphatic heterocycles. The summed E-state index contributed by atoms with van der Waals surface area (Å²) in [7, 11) is 0. The fraction of sp³-hybridized carbons (Fsp3) is 0.296. The van der Waals surface area contributed by atoms with Gasteiger partial charge in [0.1, 0.15) is 5.58 Å². The highest BCUT2D eigenvalue weighted by Gasteiger charge is 2.09. The van der Waals surface area contributed by atoms with E-state index < -0.39 is 0 Å². The molecular weight excluding hydrogens is 440 g/mol. The largest absolute Gasteiger partial charge is 0.423 e.